The highest BCUT2D eigenvalue weighted by atomic mass is 79.9. The van der Waals surface area contributed by atoms with E-state index in [1.54, 1.807) is 18.2 Å². The highest BCUT2D eigenvalue weighted by Gasteiger charge is 2.09. The van der Waals surface area contributed by atoms with Crippen LogP contribution >= 0.6 is 15.9 Å². The third-order valence-corrected chi connectivity index (χ3v) is 4.69. The molecule has 0 saturated carbocycles. The van der Waals surface area contributed by atoms with Gasteiger partial charge in [0.15, 0.2) is 6.61 Å². The molecule has 0 unspecified atom stereocenters. The molecule has 26 heavy (non-hydrogen) atoms. The van der Waals surface area contributed by atoms with Crippen LogP contribution in [0.2, 0.25) is 0 Å². The molecule has 0 bridgehead atoms. The van der Waals surface area contributed by atoms with E-state index < -0.39 is 11.8 Å². The van der Waals surface area contributed by atoms with E-state index in [0.29, 0.717) is 11.3 Å². The Morgan fingerprint density at radius 1 is 0.962 bits per heavy atom. The number of benzene rings is 3. The van der Waals surface area contributed by atoms with E-state index in [1.807, 2.05) is 49.4 Å². The molecule has 6 heteroatoms. The first-order valence-electron chi connectivity index (χ1n) is 8.00. The molecule has 3 aromatic carbocycles. The lowest BCUT2D eigenvalue weighted by Crippen LogP contribution is -2.43. The molecule has 3 aromatic rings. The van der Waals surface area contributed by atoms with E-state index in [1.165, 1.54) is 0 Å². The summed E-state index contributed by atoms with van der Waals surface area (Å²) in [6.45, 7) is 1.73. The van der Waals surface area contributed by atoms with Crippen molar-refractivity contribution in [1.29, 1.82) is 0 Å². The van der Waals surface area contributed by atoms with Crippen molar-refractivity contribution in [2.45, 2.75) is 6.92 Å². The molecule has 0 radical (unpaired) electrons. The molecular formula is C20H17BrN2O3. The van der Waals surface area contributed by atoms with Gasteiger partial charge in [-0.15, -0.1) is 0 Å². The Kier molecular flexibility index (Phi) is 5.53. The predicted octanol–water partition coefficient (Wildman–Crippen LogP) is 3.75. The minimum Gasteiger partial charge on any atom is -0.484 e. The van der Waals surface area contributed by atoms with Crippen LogP contribution in [0.3, 0.4) is 0 Å². The largest absolute Gasteiger partial charge is 0.484 e. The molecule has 0 aromatic heterocycles. The maximum atomic E-state index is 12.0. The minimum atomic E-state index is -0.447. The number of amides is 2. The zero-order valence-corrected chi connectivity index (χ0v) is 15.7. The quantitative estimate of drug-likeness (QED) is 0.641. The van der Waals surface area contributed by atoms with Crippen LogP contribution in [0.15, 0.2) is 65.1 Å². The van der Waals surface area contributed by atoms with E-state index in [2.05, 4.69) is 26.8 Å². The number of hydrogen-bond acceptors (Lipinski definition) is 3. The van der Waals surface area contributed by atoms with Crippen molar-refractivity contribution in [1.82, 2.24) is 10.9 Å². The first-order valence-corrected chi connectivity index (χ1v) is 8.79. The molecule has 2 N–H and O–H groups in total. The van der Waals surface area contributed by atoms with Gasteiger partial charge in [0, 0.05) is 10.0 Å². The van der Waals surface area contributed by atoms with Crippen LogP contribution in [0.4, 0.5) is 0 Å². The molecule has 0 fully saturated rings. The predicted molar refractivity (Wildman–Crippen MR) is 104 cm³/mol. The lowest BCUT2D eigenvalue weighted by atomic mass is 10.1. The van der Waals surface area contributed by atoms with Crippen molar-refractivity contribution in [2.75, 3.05) is 6.61 Å². The Hall–Kier alpha value is -2.86. The molecule has 0 aliphatic heterocycles. The van der Waals surface area contributed by atoms with Gasteiger partial charge in [-0.05, 0) is 47.5 Å². The van der Waals surface area contributed by atoms with E-state index in [4.69, 9.17) is 4.74 Å². The van der Waals surface area contributed by atoms with Gasteiger partial charge < -0.3 is 4.74 Å². The minimum absolute atomic E-state index is 0.198. The van der Waals surface area contributed by atoms with Crippen LogP contribution in [-0.4, -0.2) is 18.4 Å². The smallest absolute Gasteiger partial charge is 0.276 e. The van der Waals surface area contributed by atoms with Crippen molar-refractivity contribution in [3.63, 3.8) is 0 Å². The average molecular weight is 413 g/mol. The maximum Gasteiger partial charge on any atom is 0.276 e. The Morgan fingerprint density at radius 2 is 1.73 bits per heavy atom. The second kappa shape index (κ2) is 8.01. The van der Waals surface area contributed by atoms with Crippen molar-refractivity contribution >= 4 is 38.5 Å². The van der Waals surface area contributed by atoms with E-state index in [-0.39, 0.29) is 6.61 Å². The lowest BCUT2D eigenvalue weighted by molar-refractivity contribution is -0.123. The summed E-state index contributed by atoms with van der Waals surface area (Å²) in [6, 6.07) is 18.7. The van der Waals surface area contributed by atoms with Crippen molar-refractivity contribution in [3.05, 3.63) is 76.3 Å². The standard InChI is InChI=1S/C20H17BrN2O3/c1-13-6-7-16(11-18(13)21)20(25)23-22-19(24)12-26-17-9-8-14-4-2-3-5-15(14)10-17/h2-11H,12H2,1H3,(H,22,24)(H,23,25). The molecule has 3 rings (SSSR count). The van der Waals surface area contributed by atoms with Gasteiger partial charge in [0.1, 0.15) is 5.75 Å². The highest BCUT2D eigenvalue weighted by molar-refractivity contribution is 9.10. The van der Waals surface area contributed by atoms with Gasteiger partial charge in [0.05, 0.1) is 0 Å². The van der Waals surface area contributed by atoms with Crippen LogP contribution < -0.4 is 15.6 Å². The summed E-state index contributed by atoms with van der Waals surface area (Å²) in [4.78, 5) is 23.9. The topological polar surface area (TPSA) is 67.4 Å². The van der Waals surface area contributed by atoms with Crippen LogP contribution in [0.1, 0.15) is 15.9 Å². The van der Waals surface area contributed by atoms with Crippen molar-refractivity contribution in [2.24, 2.45) is 0 Å². The number of aryl methyl sites for hydroxylation is 1. The molecule has 132 valence electrons. The summed E-state index contributed by atoms with van der Waals surface area (Å²) < 4.78 is 6.31. The Labute approximate surface area is 159 Å². The van der Waals surface area contributed by atoms with Gasteiger partial charge in [-0.3, -0.25) is 20.4 Å². The van der Waals surface area contributed by atoms with Crippen molar-refractivity contribution < 1.29 is 14.3 Å². The van der Waals surface area contributed by atoms with E-state index >= 15 is 0 Å². The summed E-state index contributed by atoms with van der Waals surface area (Å²) in [7, 11) is 0. The first kappa shape index (κ1) is 17.9. The lowest BCUT2D eigenvalue weighted by Gasteiger charge is -2.10. The Morgan fingerprint density at radius 3 is 2.50 bits per heavy atom. The third-order valence-electron chi connectivity index (χ3n) is 3.84. The number of hydrazine groups is 1. The normalized spacial score (nSPS) is 10.4. The fourth-order valence-corrected chi connectivity index (χ4v) is 2.75. The molecule has 5 nitrogen and oxygen atoms in total. The van der Waals surface area contributed by atoms with Gasteiger partial charge >= 0.3 is 0 Å². The zero-order chi connectivity index (χ0) is 18.5. The molecule has 0 saturated heterocycles. The molecule has 0 spiro atoms. The van der Waals surface area contributed by atoms with Crippen LogP contribution in [0.5, 0.6) is 5.75 Å². The summed E-state index contributed by atoms with van der Waals surface area (Å²) in [5, 5.41) is 2.13. The maximum absolute atomic E-state index is 12.0. The molecular weight excluding hydrogens is 396 g/mol. The van der Waals surface area contributed by atoms with E-state index in [9.17, 15) is 9.59 Å². The van der Waals surface area contributed by atoms with Crippen LogP contribution in [-0.2, 0) is 4.79 Å². The highest BCUT2D eigenvalue weighted by Crippen LogP contribution is 2.20. The molecule has 0 aliphatic rings. The number of hydrogen-bond donors (Lipinski definition) is 2. The molecule has 2 amide bonds. The summed E-state index contributed by atoms with van der Waals surface area (Å²) >= 11 is 3.37. The number of carbonyl (C=O) groups excluding carboxylic acids is 2. The summed E-state index contributed by atoms with van der Waals surface area (Å²) in [5.41, 5.74) is 6.18. The average Bonchev–Trinajstić information content (AvgIpc) is 2.66. The number of carbonyl (C=O) groups is 2. The first-order chi connectivity index (χ1) is 12.5. The SMILES string of the molecule is Cc1ccc(C(=O)NNC(=O)COc2ccc3ccccc3c2)cc1Br. The van der Waals surface area contributed by atoms with Gasteiger partial charge in [0.2, 0.25) is 0 Å². The number of fused-ring (bicyclic) bond motifs is 1. The van der Waals surface area contributed by atoms with Gasteiger partial charge in [-0.25, -0.2) is 0 Å². The van der Waals surface area contributed by atoms with Crippen molar-refractivity contribution in [3.8, 4) is 5.75 Å². The second-order valence-electron chi connectivity index (χ2n) is 5.76. The fraction of sp³-hybridized carbons (Fsp3) is 0.100. The van der Waals surface area contributed by atoms with Gasteiger partial charge in [0.25, 0.3) is 11.8 Å². The number of ether oxygens (including phenoxy) is 1. The van der Waals surface area contributed by atoms with Crippen LogP contribution in [0, 0.1) is 6.92 Å². The zero-order valence-electron chi connectivity index (χ0n) is 14.1. The molecule has 0 atom stereocenters. The number of halogens is 1. The molecule has 0 aliphatic carbocycles. The fourth-order valence-electron chi connectivity index (χ4n) is 2.37. The Balaban J connectivity index is 1.51. The summed E-state index contributed by atoms with van der Waals surface area (Å²) in [6.07, 6.45) is 0. The number of nitrogens with one attached hydrogen (secondary N) is 2. The van der Waals surface area contributed by atoms with Gasteiger partial charge in [-0.1, -0.05) is 52.3 Å². The molecule has 0 heterocycles. The second-order valence-corrected chi connectivity index (χ2v) is 6.62. The number of rotatable bonds is 4. The van der Waals surface area contributed by atoms with E-state index in [0.717, 1.165) is 20.8 Å². The monoisotopic (exact) mass is 412 g/mol. The summed E-state index contributed by atoms with van der Waals surface area (Å²) in [5.74, 6) is -0.255. The third kappa shape index (κ3) is 4.40. The Bertz CT molecular complexity index is 972. The van der Waals surface area contributed by atoms with Crippen LogP contribution in [0.25, 0.3) is 10.8 Å². The van der Waals surface area contributed by atoms with Gasteiger partial charge in [-0.2, -0.15) is 0 Å².